The maximum atomic E-state index is 14.1. The lowest BCUT2D eigenvalue weighted by molar-refractivity contribution is -0.149. The van der Waals surface area contributed by atoms with E-state index in [1.54, 1.807) is 12.4 Å². The molecule has 2 aromatic heterocycles. The highest BCUT2D eigenvalue weighted by atomic mass is 16.3. The number of hydrogen-bond donors (Lipinski definition) is 1. The molecule has 2 saturated heterocycles. The van der Waals surface area contributed by atoms with Gasteiger partial charge in [0.05, 0.1) is 11.5 Å². The van der Waals surface area contributed by atoms with E-state index in [4.69, 9.17) is 0 Å². The van der Waals surface area contributed by atoms with Crippen molar-refractivity contribution in [2.45, 2.75) is 64.1 Å². The largest absolute Gasteiger partial charge is 0.393 e. The van der Waals surface area contributed by atoms with Gasteiger partial charge in [0.25, 0.3) is 0 Å². The van der Waals surface area contributed by atoms with E-state index < -0.39 is 5.41 Å². The molecule has 2 atom stereocenters. The highest BCUT2D eigenvalue weighted by molar-refractivity contribution is 5.88. The average molecular weight is 452 g/mol. The Kier molecular flexibility index (Phi) is 5.72. The molecular weight excluding hydrogens is 418 g/mol. The zero-order valence-electron chi connectivity index (χ0n) is 19.4. The van der Waals surface area contributed by atoms with Crippen LogP contribution in [-0.4, -0.2) is 67.2 Å². The molecule has 3 fully saturated rings. The Hall–Kier alpha value is -2.74. The number of piperidine rings is 1. The van der Waals surface area contributed by atoms with E-state index in [0.29, 0.717) is 39.0 Å². The molecule has 176 valence electrons. The van der Waals surface area contributed by atoms with Crippen LogP contribution in [0.1, 0.15) is 62.7 Å². The van der Waals surface area contributed by atoms with Crippen LogP contribution in [0, 0.1) is 11.3 Å². The van der Waals surface area contributed by atoms with Gasteiger partial charge in [0.2, 0.25) is 11.8 Å². The van der Waals surface area contributed by atoms with Gasteiger partial charge in [-0.05, 0) is 57.2 Å². The molecule has 4 heterocycles. The van der Waals surface area contributed by atoms with E-state index in [2.05, 4.69) is 23.9 Å². The first-order chi connectivity index (χ1) is 15.9. The van der Waals surface area contributed by atoms with Crippen molar-refractivity contribution >= 4 is 11.8 Å². The molecule has 2 aliphatic heterocycles. The molecule has 33 heavy (non-hydrogen) atoms. The smallest absolute Gasteiger partial charge is 0.231 e. The molecule has 0 aromatic carbocycles. The molecule has 2 aromatic rings. The maximum absolute atomic E-state index is 14.1. The van der Waals surface area contributed by atoms with Crippen LogP contribution in [0.5, 0.6) is 0 Å². The third-order valence-electron chi connectivity index (χ3n) is 7.72. The average Bonchev–Trinajstić information content (AvgIpc) is 3.41. The second-order valence-electron chi connectivity index (χ2n) is 10.2. The van der Waals surface area contributed by atoms with Gasteiger partial charge in [0.1, 0.15) is 0 Å². The summed E-state index contributed by atoms with van der Waals surface area (Å²) in [6, 6.07) is 6.08. The minimum absolute atomic E-state index is 0.0787. The number of aliphatic hydroxyl groups is 1. The van der Waals surface area contributed by atoms with Crippen molar-refractivity contribution in [2.75, 3.05) is 19.6 Å². The van der Waals surface area contributed by atoms with Crippen LogP contribution < -0.4 is 0 Å². The van der Waals surface area contributed by atoms with Gasteiger partial charge in [0.15, 0.2) is 0 Å². The van der Waals surface area contributed by atoms with E-state index in [-0.39, 0.29) is 35.8 Å². The molecule has 1 spiro atoms. The van der Waals surface area contributed by atoms with Gasteiger partial charge in [0, 0.05) is 68.3 Å². The fourth-order valence-corrected chi connectivity index (χ4v) is 5.98. The minimum atomic E-state index is -0.648. The van der Waals surface area contributed by atoms with Crippen LogP contribution in [0.3, 0.4) is 0 Å². The summed E-state index contributed by atoms with van der Waals surface area (Å²) in [7, 11) is 0. The molecule has 2 amide bonds. The van der Waals surface area contributed by atoms with Crippen LogP contribution >= 0.6 is 0 Å². The summed E-state index contributed by atoms with van der Waals surface area (Å²) < 4.78 is 2.00. The van der Waals surface area contributed by atoms with Crippen LogP contribution in [0.15, 0.2) is 36.8 Å². The Balaban J connectivity index is 1.48. The third kappa shape index (κ3) is 3.84. The predicted octanol–water partition coefficient (Wildman–Crippen LogP) is 2.36. The minimum Gasteiger partial charge on any atom is -0.393 e. The Morgan fingerprint density at radius 2 is 2.09 bits per heavy atom. The second-order valence-corrected chi connectivity index (χ2v) is 10.2. The molecule has 1 saturated carbocycles. The van der Waals surface area contributed by atoms with Gasteiger partial charge in [-0.2, -0.15) is 5.10 Å². The van der Waals surface area contributed by atoms with Crippen molar-refractivity contribution in [3.05, 3.63) is 48.0 Å². The molecule has 0 bridgehead atoms. The van der Waals surface area contributed by atoms with Crippen molar-refractivity contribution < 1.29 is 14.7 Å². The molecule has 8 nitrogen and oxygen atoms in total. The Morgan fingerprint density at radius 3 is 2.79 bits per heavy atom. The topological polar surface area (TPSA) is 91.6 Å². The maximum Gasteiger partial charge on any atom is 0.231 e. The standard InChI is InChI=1S/C25H33N5O3/c1-17(2)30-22(6-9-27-30)21-15-29(23(32)19-11-20(31)12-19)16-25(21)7-4-10-28(24(25)33)14-18-5-3-8-26-13-18/h3,5-6,8-9,13,17,19-21,31H,4,7,10-12,14-16H2,1-2H3/t19?,20?,21-,25+/m1/s1. The SMILES string of the molecule is CC(C)n1nccc1[C@H]1CN(C(=O)C2CC(O)C2)C[C@@]12CCCN(Cc1cccnc1)C2=O. The monoisotopic (exact) mass is 451 g/mol. The number of likely N-dealkylation sites (tertiary alicyclic amines) is 2. The van der Waals surface area contributed by atoms with E-state index in [9.17, 15) is 14.7 Å². The molecule has 0 radical (unpaired) electrons. The first-order valence-corrected chi connectivity index (χ1v) is 12.1. The molecule has 1 N–H and O–H groups in total. The van der Waals surface area contributed by atoms with Crippen molar-refractivity contribution in [2.24, 2.45) is 11.3 Å². The zero-order chi connectivity index (χ0) is 23.2. The number of aromatic nitrogens is 3. The van der Waals surface area contributed by atoms with Gasteiger partial charge >= 0.3 is 0 Å². The number of pyridine rings is 1. The Bertz CT molecular complexity index is 1020. The Morgan fingerprint density at radius 1 is 1.27 bits per heavy atom. The lowest BCUT2D eigenvalue weighted by atomic mass is 9.70. The summed E-state index contributed by atoms with van der Waals surface area (Å²) in [6.45, 7) is 6.40. The van der Waals surface area contributed by atoms with Crippen LogP contribution in [0.25, 0.3) is 0 Å². The van der Waals surface area contributed by atoms with Crippen molar-refractivity contribution in [3.63, 3.8) is 0 Å². The predicted molar refractivity (Wildman–Crippen MR) is 122 cm³/mol. The second kappa shape index (κ2) is 8.56. The van der Waals surface area contributed by atoms with Gasteiger partial charge in [-0.15, -0.1) is 0 Å². The third-order valence-corrected chi connectivity index (χ3v) is 7.72. The Labute approximate surface area is 194 Å². The summed E-state index contributed by atoms with van der Waals surface area (Å²) in [5, 5.41) is 14.3. The normalized spacial score (nSPS) is 29.7. The number of hydrogen-bond acceptors (Lipinski definition) is 5. The number of amides is 2. The summed E-state index contributed by atoms with van der Waals surface area (Å²) in [5.74, 6) is -0.0189. The van der Waals surface area contributed by atoms with Gasteiger partial charge < -0.3 is 14.9 Å². The number of rotatable bonds is 5. The lowest BCUT2D eigenvalue weighted by Gasteiger charge is -2.42. The summed E-state index contributed by atoms with van der Waals surface area (Å²) in [5.41, 5.74) is 1.40. The van der Waals surface area contributed by atoms with E-state index in [1.165, 1.54) is 0 Å². The fraction of sp³-hybridized carbons (Fsp3) is 0.600. The summed E-state index contributed by atoms with van der Waals surface area (Å²) in [6.07, 6.45) is 7.70. The summed E-state index contributed by atoms with van der Waals surface area (Å²) in [4.78, 5) is 35.4. The molecule has 8 heteroatoms. The molecule has 0 unspecified atom stereocenters. The van der Waals surface area contributed by atoms with Gasteiger partial charge in [-0.25, -0.2) is 0 Å². The molecular formula is C25H33N5O3. The van der Waals surface area contributed by atoms with E-state index >= 15 is 0 Å². The van der Waals surface area contributed by atoms with Crippen LogP contribution in [0.4, 0.5) is 0 Å². The van der Waals surface area contributed by atoms with Gasteiger partial charge in [-0.1, -0.05) is 6.07 Å². The number of carbonyl (C=O) groups is 2. The quantitative estimate of drug-likeness (QED) is 0.754. The first-order valence-electron chi connectivity index (χ1n) is 12.1. The fourth-order valence-electron chi connectivity index (χ4n) is 5.98. The van der Waals surface area contributed by atoms with E-state index in [0.717, 1.165) is 24.1 Å². The molecule has 3 aliphatic rings. The number of aliphatic hydroxyl groups excluding tert-OH is 1. The van der Waals surface area contributed by atoms with Crippen LogP contribution in [0.2, 0.25) is 0 Å². The number of nitrogens with zero attached hydrogens (tertiary/aromatic N) is 5. The van der Waals surface area contributed by atoms with Gasteiger partial charge in [-0.3, -0.25) is 19.3 Å². The number of carbonyl (C=O) groups excluding carboxylic acids is 2. The van der Waals surface area contributed by atoms with E-state index in [1.807, 2.05) is 38.9 Å². The highest BCUT2D eigenvalue weighted by Crippen LogP contribution is 2.50. The lowest BCUT2D eigenvalue weighted by Crippen LogP contribution is -2.52. The van der Waals surface area contributed by atoms with Crippen molar-refractivity contribution in [1.29, 1.82) is 0 Å². The van der Waals surface area contributed by atoms with Crippen molar-refractivity contribution in [3.8, 4) is 0 Å². The first kappa shape index (κ1) is 22.1. The molecule has 5 rings (SSSR count). The molecule has 1 aliphatic carbocycles. The zero-order valence-corrected chi connectivity index (χ0v) is 19.4. The summed E-state index contributed by atoms with van der Waals surface area (Å²) >= 11 is 0. The highest BCUT2D eigenvalue weighted by Gasteiger charge is 2.57. The van der Waals surface area contributed by atoms with Crippen molar-refractivity contribution in [1.82, 2.24) is 24.6 Å². The van der Waals surface area contributed by atoms with Crippen LogP contribution in [-0.2, 0) is 16.1 Å².